The van der Waals surface area contributed by atoms with Gasteiger partial charge in [-0.3, -0.25) is 0 Å². The van der Waals surface area contributed by atoms with Gasteiger partial charge < -0.3 is 9.84 Å². The maximum atomic E-state index is 12.5. The van der Waals surface area contributed by atoms with Crippen molar-refractivity contribution in [2.24, 2.45) is 0 Å². The van der Waals surface area contributed by atoms with E-state index < -0.39 is 16.6 Å². The molecular weight excluding hydrogens is 280 g/mol. The van der Waals surface area contributed by atoms with Crippen LogP contribution < -0.4 is 4.74 Å². The Balaban J connectivity index is 3.16. The summed E-state index contributed by atoms with van der Waals surface area (Å²) < 4.78 is 39.2. The minimum atomic E-state index is -4.96. The molecule has 0 fully saturated rings. The van der Waals surface area contributed by atoms with E-state index >= 15 is 0 Å². The molecule has 0 saturated carbocycles. The van der Waals surface area contributed by atoms with Gasteiger partial charge in [0.2, 0.25) is 4.33 Å². The Morgan fingerprint density at radius 1 is 1.24 bits per heavy atom. The molecule has 0 bridgehead atoms. The van der Waals surface area contributed by atoms with Crippen LogP contribution in [0.3, 0.4) is 0 Å². The van der Waals surface area contributed by atoms with Gasteiger partial charge in [0.15, 0.2) is 0 Å². The van der Waals surface area contributed by atoms with Crippen LogP contribution in [-0.2, 0) is 0 Å². The predicted octanol–water partition coefficient (Wildman–Crippen LogP) is 3.46. The van der Waals surface area contributed by atoms with Crippen LogP contribution in [0.25, 0.3) is 0 Å². The van der Waals surface area contributed by atoms with Crippen LogP contribution in [0.2, 0.25) is 0 Å². The fraction of sp³-hybridized carbons (Fsp3) is 0.400. The van der Waals surface area contributed by atoms with Crippen molar-refractivity contribution in [3.63, 3.8) is 0 Å². The van der Waals surface area contributed by atoms with Crippen molar-refractivity contribution in [1.82, 2.24) is 0 Å². The molecule has 0 amide bonds. The number of para-hydroxylation sites is 1. The first-order chi connectivity index (χ1) is 7.71. The number of aliphatic hydroxyl groups is 1. The number of ether oxygens (including phenoxy) is 1. The topological polar surface area (TPSA) is 29.5 Å². The molecule has 0 saturated heterocycles. The highest BCUT2D eigenvalue weighted by Crippen LogP contribution is 2.49. The van der Waals surface area contributed by atoms with Crippen LogP contribution in [0.15, 0.2) is 24.3 Å². The minimum Gasteiger partial charge on any atom is -0.496 e. The van der Waals surface area contributed by atoms with Crippen molar-refractivity contribution >= 4 is 23.2 Å². The number of aliphatic hydroxyl groups excluding tert-OH is 1. The predicted molar refractivity (Wildman–Crippen MR) is 58.4 cm³/mol. The lowest BCUT2D eigenvalue weighted by Gasteiger charge is -2.28. The van der Waals surface area contributed by atoms with Crippen molar-refractivity contribution in [2.45, 2.75) is 16.6 Å². The zero-order chi connectivity index (χ0) is 13.3. The zero-order valence-electron chi connectivity index (χ0n) is 8.63. The van der Waals surface area contributed by atoms with E-state index in [1.807, 2.05) is 0 Å². The molecule has 17 heavy (non-hydrogen) atoms. The molecular formula is C10H9Cl2F3O2. The number of hydrogen-bond acceptors (Lipinski definition) is 2. The highest BCUT2D eigenvalue weighted by Gasteiger charge is 2.58. The van der Waals surface area contributed by atoms with E-state index in [4.69, 9.17) is 27.9 Å². The molecule has 1 atom stereocenters. The Morgan fingerprint density at radius 3 is 2.24 bits per heavy atom. The molecule has 1 aromatic rings. The smallest absolute Gasteiger partial charge is 0.424 e. The number of alkyl halides is 5. The van der Waals surface area contributed by atoms with Crippen molar-refractivity contribution in [3.05, 3.63) is 29.8 Å². The molecule has 7 heteroatoms. The Kier molecular flexibility index (Phi) is 4.17. The number of hydrogen-bond donors (Lipinski definition) is 1. The summed E-state index contributed by atoms with van der Waals surface area (Å²) in [4.78, 5) is 0. The maximum absolute atomic E-state index is 12.5. The third-order valence-corrected chi connectivity index (χ3v) is 3.00. The van der Waals surface area contributed by atoms with Gasteiger partial charge in [-0.25, -0.2) is 0 Å². The van der Waals surface area contributed by atoms with Gasteiger partial charge in [-0.15, -0.1) is 0 Å². The van der Waals surface area contributed by atoms with Crippen LogP contribution in [-0.4, -0.2) is 22.7 Å². The van der Waals surface area contributed by atoms with Crippen LogP contribution in [0.5, 0.6) is 5.75 Å². The SMILES string of the molecule is COc1ccccc1[C@H](O)C(Cl)(Cl)C(F)(F)F. The van der Waals surface area contributed by atoms with Gasteiger partial charge in [0.1, 0.15) is 11.9 Å². The second kappa shape index (κ2) is 4.92. The first-order valence-electron chi connectivity index (χ1n) is 4.47. The van der Waals surface area contributed by atoms with Crippen LogP contribution in [0, 0.1) is 0 Å². The second-order valence-electron chi connectivity index (χ2n) is 3.27. The standard InChI is InChI=1S/C10H9Cl2F3O2/c1-17-7-5-3-2-4-6(7)8(16)9(11,12)10(13,14)15/h2-5,8,16H,1H3/t8-/m0/s1. The average molecular weight is 289 g/mol. The molecule has 0 radical (unpaired) electrons. The number of benzene rings is 1. The summed E-state index contributed by atoms with van der Waals surface area (Å²) in [6, 6.07) is 5.65. The van der Waals surface area contributed by atoms with Crippen LogP contribution >= 0.6 is 23.2 Å². The zero-order valence-corrected chi connectivity index (χ0v) is 10.1. The highest BCUT2D eigenvalue weighted by atomic mass is 35.5. The van der Waals surface area contributed by atoms with E-state index in [9.17, 15) is 18.3 Å². The molecule has 0 aliphatic heterocycles. The molecule has 0 heterocycles. The lowest BCUT2D eigenvalue weighted by atomic mass is 10.0. The lowest BCUT2D eigenvalue weighted by molar-refractivity contribution is -0.162. The summed E-state index contributed by atoms with van der Waals surface area (Å²) >= 11 is 10.3. The minimum absolute atomic E-state index is 0.0786. The normalized spacial score (nSPS) is 14.5. The number of methoxy groups -OCH3 is 1. The van der Waals surface area contributed by atoms with E-state index in [0.29, 0.717) is 0 Å². The summed E-state index contributed by atoms with van der Waals surface area (Å²) in [5.41, 5.74) is -0.127. The summed E-state index contributed by atoms with van der Waals surface area (Å²) in [7, 11) is 1.27. The third-order valence-electron chi connectivity index (χ3n) is 2.15. The molecule has 1 aromatic carbocycles. The molecule has 0 aliphatic carbocycles. The molecule has 1 rings (SSSR count). The molecule has 0 unspecified atom stereocenters. The van der Waals surface area contributed by atoms with E-state index in [2.05, 4.69) is 0 Å². The third kappa shape index (κ3) is 2.78. The molecule has 0 aliphatic rings. The van der Waals surface area contributed by atoms with Crippen molar-refractivity contribution in [2.75, 3.05) is 7.11 Å². The largest absolute Gasteiger partial charge is 0.496 e. The molecule has 1 N–H and O–H groups in total. The van der Waals surface area contributed by atoms with Crippen molar-refractivity contribution in [1.29, 1.82) is 0 Å². The maximum Gasteiger partial charge on any atom is 0.424 e. The van der Waals surface area contributed by atoms with Crippen LogP contribution in [0.1, 0.15) is 11.7 Å². The highest BCUT2D eigenvalue weighted by molar-refractivity contribution is 6.49. The van der Waals surface area contributed by atoms with Gasteiger partial charge >= 0.3 is 6.18 Å². The number of halogens is 5. The Bertz CT molecular complexity index is 393. The Labute approximate surface area is 106 Å². The van der Waals surface area contributed by atoms with Crippen molar-refractivity contribution in [3.8, 4) is 5.75 Å². The van der Waals surface area contributed by atoms with Gasteiger partial charge in [-0.1, -0.05) is 41.4 Å². The van der Waals surface area contributed by atoms with Gasteiger partial charge in [-0.05, 0) is 6.07 Å². The van der Waals surface area contributed by atoms with Crippen LogP contribution in [0.4, 0.5) is 13.2 Å². The van der Waals surface area contributed by atoms with E-state index in [1.165, 1.54) is 25.3 Å². The first kappa shape index (κ1) is 14.4. The fourth-order valence-electron chi connectivity index (χ4n) is 1.24. The summed E-state index contributed by atoms with van der Waals surface area (Å²) in [5.74, 6) is 0.0786. The quantitative estimate of drug-likeness (QED) is 0.863. The van der Waals surface area contributed by atoms with Gasteiger partial charge in [0, 0.05) is 5.56 Å². The Hall–Kier alpha value is -0.650. The molecule has 0 aromatic heterocycles. The monoisotopic (exact) mass is 288 g/mol. The molecule has 96 valence electrons. The van der Waals surface area contributed by atoms with Crippen molar-refractivity contribution < 1.29 is 23.0 Å². The van der Waals surface area contributed by atoms with E-state index in [-0.39, 0.29) is 11.3 Å². The first-order valence-corrected chi connectivity index (χ1v) is 5.23. The second-order valence-corrected chi connectivity index (χ2v) is 4.65. The fourth-order valence-corrected chi connectivity index (χ4v) is 1.48. The average Bonchev–Trinajstić information content (AvgIpc) is 2.26. The summed E-state index contributed by atoms with van der Waals surface area (Å²) in [5, 5.41) is 9.63. The summed E-state index contributed by atoms with van der Waals surface area (Å²) in [6.45, 7) is 0. The summed E-state index contributed by atoms with van der Waals surface area (Å²) in [6.07, 6.45) is -7.10. The lowest BCUT2D eigenvalue weighted by Crippen LogP contribution is -2.40. The van der Waals surface area contributed by atoms with Gasteiger partial charge in [-0.2, -0.15) is 13.2 Å². The molecule has 2 nitrogen and oxygen atoms in total. The van der Waals surface area contributed by atoms with E-state index in [0.717, 1.165) is 0 Å². The van der Waals surface area contributed by atoms with E-state index in [1.54, 1.807) is 6.07 Å². The number of rotatable bonds is 3. The van der Waals surface area contributed by atoms with Gasteiger partial charge in [0.25, 0.3) is 0 Å². The molecule has 0 spiro atoms. The van der Waals surface area contributed by atoms with Gasteiger partial charge in [0.05, 0.1) is 7.11 Å². The Morgan fingerprint density at radius 2 is 1.76 bits per heavy atom.